The fourth-order valence-electron chi connectivity index (χ4n) is 1.58. The van der Waals surface area contributed by atoms with Gasteiger partial charge in [0, 0.05) is 7.05 Å². The van der Waals surface area contributed by atoms with Crippen molar-refractivity contribution in [2.75, 3.05) is 27.2 Å². The average molecular weight is 171 g/mol. The maximum atomic E-state index is 11.5. The van der Waals surface area contributed by atoms with E-state index in [-0.39, 0.29) is 23.0 Å². The number of carbonyl (C=O) groups excluding carboxylic acids is 2. The summed E-state index contributed by atoms with van der Waals surface area (Å²) in [5.41, 5.74) is 0. The van der Waals surface area contributed by atoms with Gasteiger partial charge in [0.05, 0.1) is 13.6 Å². The molecule has 0 aromatic carbocycles. The maximum absolute atomic E-state index is 11.5. The molecule has 4 heteroatoms. The molecule has 0 aliphatic carbocycles. The molecule has 1 heterocycles. The topological polar surface area (TPSA) is 37.4 Å². The van der Waals surface area contributed by atoms with Crippen molar-refractivity contribution in [3.8, 4) is 0 Å². The van der Waals surface area contributed by atoms with Crippen molar-refractivity contribution >= 4 is 11.9 Å². The summed E-state index contributed by atoms with van der Waals surface area (Å²) >= 11 is 0. The molecule has 1 atom stereocenters. The number of hydrogen-bond acceptors (Lipinski definition) is 2. The van der Waals surface area contributed by atoms with E-state index in [2.05, 4.69) is 0 Å². The highest BCUT2D eigenvalue weighted by atomic mass is 16.2. The molecule has 0 spiro atoms. The molecule has 0 bridgehead atoms. The third-order valence-electron chi connectivity index (χ3n) is 2.34. The van der Waals surface area contributed by atoms with Crippen LogP contribution in [0.3, 0.4) is 0 Å². The van der Waals surface area contributed by atoms with Crippen LogP contribution < -0.4 is 0 Å². The fraction of sp³-hybridized carbons (Fsp3) is 0.750. The van der Waals surface area contributed by atoms with Crippen LogP contribution in [0.5, 0.6) is 0 Å². The highest BCUT2D eigenvalue weighted by molar-refractivity contribution is 5.91. The second-order valence-electron chi connectivity index (χ2n) is 3.45. The maximum Gasteiger partial charge on any atom is 0.426 e. The Labute approximate surface area is 72.3 Å². The molecule has 0 saturated carbocycles. The molecule has 0 aromatic rings. The molecule has 1 fully saturated rings. The van der Waals surface area contributed by atoms with E-state index in [1.165, 1.54) is 4.90 Å². The van der Waals surface area contributed by atoms with Gasteiger partial charge in [-0.2, -0.15) is 4.48 Å². The quantitative estimate of drug-likeness (QED) is 0.446. The van der Waals surface area contributed by atoms with Crippen LogP contribution >= 0.6 is 0 Å². The molecule has 0 N–H and O–H groups in total. The zero-order valence-corrected chi connectivity index (χ0v) is 7.83. The first-order chi connectivity index (χ1) is 5.52. The predicted octanol–water partition coefficient (Wildman–Crippen LogP) is 0.435. The van der Waals surface area contributed by atoms with Gasteiger partial charge in [-0.1, -0.05) is 6.92 Å². The number of rotatable bonds is 2. The highest BCUT2D eigenvalue weighted by Crippen LogP contribution is 2.17. The molecule has 3 amide bonds. The van der Waals surface area contributed by atoms with Gasteiger partial charge >= 0.3 is 11.9 Å². The zero-order valence-electron chi connectivity index (χ0n) is 7.83. The second kappa shape index (κ2) is 2.86. The first kappa shape index (κ1) is 9.19. The fourth-order valence-corrected chi connectivity index (χ4v) is 1.58. The molecule has 1 unspecified atom stereocenters. The van der Waals surface area contributed by atoms with Gasteiger partial charge in [0.25, 0.3) is 0 Å². The van der Waals surface area contributed by atoms with Crippen LogP contribution in [0.25, 0.3) is 0 Å². The van der Waals surface area contributed by atoms with Crippen molar-refractivity contribution in [2.24, 2.45) is 0 Å². The molecule has 1 saturated heterocycles. The lowest BCUT2D eigenvalue weighted by Gasteiger charge is -2.21. The Kier molecular flexibility index (Phi) is 2.19. The Morgan fingerprint density at radius 3 is 2.42 bits per heavy atom. The molecule has 1 rings (SSSR count). The van der Waals surface area contributed by atoms with E-state index in [1.807, 2.05) is 6.92 Å². The lowest BCUT2D eigenvalue weighted by atomic mass is 10.4. The number of amides is 3. The Morgan fingerprint density at radius 1 is 1.50 bits per heavy atom. The van der Waals surface area contributed by atoms with Crippen LogP contribution in [0.15, 0.2) is 0 Å². The number of quaternary nitrogens is 1. The smallest absolute Gasteiger partial charge is 0.281 e. The van der Waals surface area contributed by atoms with Crippen LogP contribution in [0.2, 0.25) is 0 Å². The summed E-state index contributed by atoms with van der Waals surface area (Å²) in [6, 6.07) is -0.0816. The van der Waals surface area contributed by atoms with E-state index in [1.54, 1.807) is 14.1 Å². The van der Waals surface area contributed by atoms with Crippen molar-refractivity contribution < 1.29 is 14.1 Å². The molecule has 0 radical (unpaired) electrons. The van der Waals surface area contributed by atoms with E-state index in [9.17, 15) is 9.59 Å². The number of nitrogens with zero attached hydrogens (tertiary/aromatic N) is 2. The minimum Gasteiger partial charge on any atom is -0.281 e. The number of likely N-dealkylation sites (N-methyl/N-ethyl adjacent to an activating group) is 2. The molecular weight excluding hydrogens is 156 g/mol. The van der Waals surface area contributed by atoms with Gasteiger partial charge in [0.2, 0.25) is 0 Å². The lowest BCUT2D eigenvalue weighted by Crippen LogP contribution is -2.50. The van der Waals surface area contributed by atoms with Gasteiger partial charge in [-0.15, -0.1) is 0 Å². The van der Waals surface area contributed by atoms with Crippen molar-refractivity contribution in [1.29, 1.82) is 0 Å². The van der Waals surface area contributed by atoms with Gasteiger partial charge in [-0.25, -0.2) is 9.59 Å². The molecule has 12 heavy (non-hydrogen) atoms. The second-order valence-corrected chi connectivity index (χ2v) is 3.45. The molecule has 1 aliphatic rings. The Morgan fingerprint density at radius 2 is 2.08 bits per heavy atom. The van der Waals surface area contributed by atoms with Crippen LogP contribution in [0.1, 0.15) is 13.3 Å². The molecular formula is C8H15N2O2+. The standard InChI is InChI=1S/C8H15N2O2/c1-4-5-10(3)7(11)6-9(2)8(10)12/h4-6H2,1-3H3/q+1. The minimum absolute atomic E-state index is 0.00403. The average Bonchev–Trinajstić information content (AvgIpc) is 2.17. The lowest BCUT2D eigenvalue weighted by molar-refractivity contribution is -0.746. The summed E-state index contributed by atoms with van der Waals surface area (Å²) in [4.78, 5) is 24.4. The van der Waals surface area contributed by atoms with Crippen molar-refractivity contribution in [1.82, 2.24) is 4.90 Å². The van der Waals surface area contributed by atoms with Gasteiger partial charge in [-0.3, -0.25) is 4.90 Å². The predicted molar refractivity (Wildman–Crippen MR) is 44.4 cm³/mol. The summed E-state index contributed by atoms with van der Waals surface area (Å²) in [5.74, 6) is 0.00403. The van der Waals surface area contributed by atoms with Crippen molar-refractivity contribution in [3.05, 3.63) is 0 Å². The normalized spacial score (nSPS) is 30.1. The molecule has 4 nitrogen and oxygen atoms in total. The van der Waals surface area contributed by atoms with Gasteiger partial charge < -0.3 is 0 Å². The Bertz CT molecular complexity index is 227. The van der Waals surface area contributed by atoms with E-state index < -0.39 is 0 Å². The minimum atomic E-state index is -0.0816. The number of imide groups is 1. The van der Waals surface area contributed by atoms with Crippen LogP contribution in [-0.2, 0) is 4.79 Å². The van der Waals surface area contributed by atoms with Crippen LogP contribution in [0, 0.1) is 0 Å². The monoisotopic (exact) mass is 171 g/mol. The largest absolute Gasteiger partial charge is 0.426 e. The summed E-state index contributed by atoms with van der Waals surface area (Å²) in [5, 5.41) is 0. The van der Waals surface area contributed by atoms with E-state index in [0.717, 1.165) is 6.42 Å². The van der Waals surface area contributed by atoms with Gasteiger partial charge in [0.15, 0.2) is 0 Å². The van der Waals surface area contributed by atoms with Crippen molar-refractivity contribution in [3.63, 3.8) is 0 Å². The number of hydrogen-bond donors (Lipinski definition) is 0. The highest BCUT2D eigenvalue weighted by Gasteiger charge is 2.48. The first-order valence-electron chi connectivity index (χ1n) is 4.17. The number of carbonyl (C=O) groups is 2. The first-order valence-corrected chi connectivity index (χ1v) is 4.17. The molecule has 1 aliphatic heterocycles. The summed E-state index contributed by atoms with van der Waals surface area (Å²) in [7, 11) is 3.36. The summed E-state index contributed by atoms with van der Waals surface area (Å²) in [6.45, 7) is 2.85. The third-order valence-corrected chi connectivity index (χ3v) is 2.34. The Hall–Kier alpha value is -0.900. The van der Waals surface area contributed by atoms with Gasteiger partial charge in [0.1, 0.15) is 6.54 Å². The third kappa shape index (κ3) is 1.12. The van der Waals surface area contributed by atoms with E-state index in [0.29, 0.717) is 6.54 Å². The van der Waals surface area contributed by atoms with E-state index in [4.69, 9.17) is 0 Å². The summed E-state index contributed by atoms with van der Waals surface area (Å²) in [6.07, 6.45) is 0.849. The van der Waals surface area contributed by atoms with Crippen LogP contribution in [0.4, 0.5) is 4.79 Å². The number of urea groups is 1. The SMILES string of the molecule is CCC[N+]1(C)C(=O)CN(C)C1=O. The van der Waals surface area contributed by atoms with Gasteiger partial charge in [-0.05, 0) is 6.42 Å². The van der Waals surface area contributed by atoms with E-state index >= 15 is 0 Å². The zero-order chi connectivity index (χ0) is 9.35. The summed E-state index contributed by atoms with van der Waals surface area (Å²) < 4.78 is -0.0486. The molecule has 68 valence electrons. The molecule has 0 aromatic heterocycles. The Balaban J connectivity index is 2.88. The van der Waals surface area contributed by atoms with Crippen LogP contribution in [-0.4, -0.2) is 48.5 Å². The van der Waals surface area contributed by atoms with Crippen molar-refractivity contribution in [2.45, 2.75) is 13.3 Å².